The third-order valence-corrected chi connectivity index (χ3v) is 3.50. The summed E-state index contributed by atoms with van der Waals surface area (Å²) in [5.74, 6) is -5.61. The molecule has 1 aliphatic rings. The maximum Gasteiger partial charge on any atom is 0.305 e. The Bertz CT molecular complexity index is 458. The van der Waals surface area contributed by atoms with Crippen molar-refractivity contribution in [3.8, 4) is 0 Å². The molecule has 1 aliphatic heterocycles. The molecule has 9 nitrogen and oxygen atoms in total. The first kappa shape index (κ1) is 17.9. The van der Waals surface area contributed by atoms with Crippen molar-refractivity contribution in [3.05, 3.63) is 0 Å². The number of carboxylic acids is 3. The minimum absolute atomic E-state index is 0.237. The Morgan fingerprint density at radius 1 is 0.864 bits per heavy atom. The lowest BCUT2D eigenvalue weighted by atomic mass is 9.81. The van der Waals surface area contributed by atoms with Crippen molar-refractivity contribution in [3.63, 3.8) is 0 Å². The summed E-state index contributed by atoms with van der Waals surface area (Å²) in [5.41, 5.74) is 0. The molecular weight excluding hydrogens is 300 g/mol. The number of rotatable bonds is 8. The monoisotopic (exact) mass is 318 g/mol. The molecule has 0 saturated carbocycles. The van der Waals surface area contributed by atoms with Crippen LogP contribution in [0.1, 0.15) is 26.2 Å². The van der Waals surface area contributed by atoms with Gasteiger partial charge in [0.25, 0.3) is 0 Å². The molecule has 124 valence electrons. The highest BCUT2D eigenvalue weighted by Gasteiger charge is 2.47. The van der Waals surface area contributed by atoms with Crippen LogP contribution < -0.4 is 0 Å². The third kappa shape index (κ3) is 5.32. The highest BCUT2D eigenvalue weighted by molar-refractivity contribution is 5.70. The molecule has 0 unspecified atom stereocenters. The van der Waals surface area contributed by atoms with Gasteiger partial charge >= 0.3 is 23.9 Å². The second kappa shape index (κ2) is 7.74. The Hall–Kier alpha value is -2.16. The molecular formula is C13H18O9. The van der Waals surface area contributed by atoms with Gasteiger partial charge in [-0.1, -0.05) is 0 Å². The van der Waals surface area contributed by atoms with Gasteiger partial charge in [0.05, 0.1) is 31.5 Å². The first-order chi connectivity index (χ1) is 10.2. The lowest BCUT2D eigenvalue weighted by Crippen LogP contribution is -2.30. The minimum Gasteiger partial charge on any atom is -0.481 e. The lowest BCUT2D eigenvalue weighted by Gasteiger charge is -2.20. The molecule has 0 spiro atoms. The van der Waals surface area contributed by atoms with Crippen LogP contribution in [-0.2, 0) is 28.7 Å². The van der Waals surface area contributed by atoms with E-state index in [1.165, 1.54) is 6.92 Å². The number of carboxylic acid groups (broad SMARTS) is 3. The number of hydrogen-bond acceptors (Lipinski definition) is 6. The summed E-state index contributed by atoms with van der Waals surface area (Å²) in [6.07, 6.45) is -3.01. The number of carbonyl (C=O) groups is 4. The smallest absolute Gasteiger partial charge is 0.305 e. The number of aliphatic carboxylic acids is 3. The number of esters is 1. The normalized spacial score (nSPS) is 27.3. The fourth-order valence-corrected chi connectivity index (χ4v) is 2.68. The van der Waals surface area contributed by atoms with Gasteiger partial charge in [0.2, 0.25) is 0 Å². The van der Waals surface area contributed by atoms with Crippen LogP contribution in [0.3, 0.4) is 0 Å². The average Bonchev–Trinajstić information content (AvgIpc) is 2.63. The highest BCUT2D eigenvalue weighted by atomic mass is 16.6. The van der Waals surface area contributed by atoms with E-state index in [-0.39, 0.29) is 13.0 Å². The largest absolute Gasteiger partial charge is 0.481 e. The van der Waals surface area contributed by atoms with Crippen LogP contribution in [0.5, 0.6) is 0 Å². The molecule has 0 bridgehead atoms. The van der Waals surface area contributed by atoms with Crippen molar-refractivity contribution < 1.29 is 44.0 Å². The molecule has 0 aliphatic carbocycles. The van der Waals surface area contributed by atoms with Crippen molar-refractivity contribution in [2.75, 3.05) is 6.61 Å². The molecule has 9 heteroatoms. The predicted molar refractivity (Wildman–Crippen MR) is 69.0 cm³/mol. The van der Waals surface area contributed by atoms with Crippen molar-refractivity contribution in [2.24, 2.45) is 11.8 Å². The molecule has 22 heavy (non-hydrogen) atoms. The van der Waals surface area contributed by atoms with E-state index in [9.17, 15) is 19.2 Å². The average molecular weight is 318 g/mol. The van der Waals surface area contributed by atoms with Gasteiger partial charge in [0.1, 0.15) is 6.61 Å². The molecule has 0 aromatic rings. The summed E-state index contributed by atoms with van der Waals surface area (Å²) in [7, 11) is 0. The van der Waals surface area contributed by atoms with Gasteiger partial charge in [-0.25, -0.2) is 0 Å². The molecule has 0 aromatic heterocycles. The molecule has 4 atom stereocenters. The molecule has 1 fully saturated rings. The highest BCUT2D eigenvalue weighted by Crippen LogP contribution is 2.39. The molecule has 3 N–H and O–H groups in total. The summed E-state index contributed by atoms with van der Waals surface area (Å²) >= 11 is 0. The Kier molecular flexibility index (Phi) is 6.29. The fourth-order valence-electron chi connectivity index (χ4n) is 2.68. The topological polar surface area (TPSA) is 147 Å². The van der Waals surface area contributed by atoms with Gasteiger partial charge in [-0.2, -0.15) is 0 Å². The number of hydrogen-bond donors (Lipinski definition) is 3. The van der Waals surface area contributed by atoms with Crippen LogP contribution in [-0.4, -0.2) is 58.0 Å². The number of ether oxygens (including phenoxy) is 2. The standard InChI is InChI=1S/C13H18O9/c1-6(14)21-5-10-8(3-12(17)18)7(2-11(15)16)9(22-10)4-13(19)20/h7-10H,2-5H2,1H3,(H,15,16)(H,17,18)(H,19,20)/t7-,8-,9+,10+/m1/s1. The van der Waals surface area contributed by atoms with Crippen LogP contribution in [0, 0.1) is 11.8 Å². The van der Waals surface area contributed by atoms with E-state index < -0.39 is 60.8 Å². The maximum atomic E-state index is 11.0. The zero-order valence-electron chi connectivity index (χ0n) is 11.9. The SMILES string of the molecule is CC(=O)OC[C@@H]1O[C@@H](CC(=O)O)[C@H](CC(=O)O)[C@H]1CC(=O)O. The Morgan fingerprint density at radius 2 is 1.32 bits per heavy atom. The molecule has 1 rings (SSSR count). The van der Waals surface area contributed by atoms with Crippen molar-refractivity contribution in [1.82, 2.24) is 0 Å². The fraction of sp³-hybridized carbons (Fsp3) is 0.692. The van der Waals surface area contributed by atoms with Crippen molar-refractivity contribution in [2.45, 2.75) is 38.4 Å². The zero-order valence-corrected chi connectivity index (χ0v) is 11.9. The van der Waals surface area contributed by atoms with Gasteiger partial charge in [0, 0.05) is 18.8 Å². The van der Waals surface area contributed by atoms with Gasteiger partial charge < -0.3 is 24.8 Å². The van der Waals surface area contributed by atoms with Crippen LogP contribution in [0.25, 0.3) is 0 Å². The van der Waals surface area contributed by atoms with E-state index in [0.29, 0.717) is 0 Å². The summed E-state index contributed by atoms with van der Waals surface area (Å²) in [6.45, 7) is 0.935. The van der Waals surface area contributed by atoms with Crippen LogP contribution in [0.2, 0.25) is 0 Å². The summed E-state index contributed by atoms with van der Waals surface area (Å²) in [6, 6.07) is 0. The second-order valence-corrected chi connectivity index (χ2v) is 5.14. The minimum atomic E-state index is -1.18. The Labute approximate surface area is 125 Å². The summed E-state index contributed by atoms with van der Waals surface area (Å²) in [4.78, 5) is 43.7. The van der Waals surface area contributed by atoms with E-state index in [1.54, 1.807) is 0 Å². The van der Waals surface area contributed by atoms with Crippen LogP contribution >= 0.6 is 0 Å². The van der Waals surface area contributed by atoms with Crippen molar-refractivity contribution in [1.29, 1.82) is 0 Å². The predicted octanol–water partition coefficient (Wildman–Crippen LogP) is -0.0266. The quantitative estimate of drug-likeness (QED) is 0.525. The summed E-state index contributed by atoms with van der Waals surface area (Å²) in [5, 5.41) is 26.8. The third-order valence-electron chi connectivity index (χ3n) is 3.50. The Morgan fingerprint density at radius 3 is 1.73 bits per heavy atom. The van der Waals surface area contributed by atoms with Gasteiger partial charge in [-0.05, 0) is 0 Å². The van der Waals surface area contributed by atoms with Gasteiger partial charge in [-0.3, -0.25) is 19.2 Å². The van der Waals surface area contributed by atoms with E-state index in [0.717, 1.165) is 0 Å². The maximum absolute atomic E-state index is 11.0. The zero-order chi connectivity index (χ0) is 16.9. The molecule has 1 saturated heterocycles. The van der Waals surface area contributed by atoms with Crippen LogP contribution in [0.4, 0.5) is 0 Å². The second-order valence-electron chi connectivity index (χ2n) is 5.14. The molecule has 0 aromatic carbocycles. The van der Waals surface area contributed by atoms with Gasteiger partial charge in [-0.15, -0.1) is 0 Å². The molecule has 0 radical (unpaired) electrons. The van der Waals surface area contributed by atoms with E-state index in [4.69, 9.17) is 24.8 Å². The first-order valence-corrected chi connectivity index (χ1v) is 6.65. The van der Waals surface area contributed by atoms with E-state index >= 15 is 0 Å². The molecule has 0 amide bonds. The Balaban J connectivity index is 2.94. The van der Waals surface area contributed by atoms with Crippen molar-refractivity contribution >= 4 is 23.9 Å². The lowest BCUT2D eigenvalue weighted by molar-refractivity contribution is -0.148. The number of carbonyl (C=O) groups excluding carboxylic acids is 1. The first-order valence-electron chi connectivity index (χ1n) is 6.65. The van der Waals surface area contributed by atoms with Gasteiger partial charge in [0.15, 0.2) is 0 Å². The van der Waals surface area contributed by atoms with E-state index in [2.05, 4.69) is 0 Å². The van der Waals surface area contributed by atoms with Crippen LogP contribution in [0.15, 0.2) is 0 Å². The molecule has 1 heterocycles. The summed E-state index contributed by atoms with van der Waals surface area (Å²) < 4.78 is 10.3. The van der Waals surface area contributed by atoms with E-state index in [1.807, 2.05) is 0 Å².